The van der Waals surface area contributed by atoms with Crippen molar-refractivity contribution in [3.8, 4) is 0 Å². The van der Waals surface area contributed by atoms with Crippen LogP contribution in [0.3, 0.4) is 0 Å². The van der Waals surface area contributed by atoms with Crippen molar-refractivity contribution in [2.24, 2.45) is 0 Å². The van der Waals surface area contributed by atoms with Crippen LogP contribution in [0.15, 0.2) is 4.52 Å². The van der Waals surface area contributed by atoms with Crippen molar-refractivity contribution in [3.63, 3.8) is 0 Å². The summed E-state index contributed by atoms with van der Waals surface area (Å²) in [5.41, 5.74) is 0. The molecule has 7 heteroatoms. The van der Waals surface area contributed by atoms with Crippen molar-refractivity contribution in [2.45, 2.75) is 32.2 Å². The number of carbonyl (C=O) groups is 2. The molecule has 1 atom stereocenters. The van der Waals surface area contributed by atoms with Crippen molar-refractivity contribution in [2.75, 3.05) is 6.54 Å². The minimum Gasteiger partial charge on any atom is -0.480 e. The molecule has 0 bridgehead atoms. The molecule has 0 aliphatic carbocycles. The van der Waals surface area contributed by atoms with E-state index in [1.807, 2.05) is 0 Å². The van der Waals surface area contributed by atoms with Gasteiger partial charge in [0.2, 0.25) is 5.89 Å². The number of piperidine rings is 1. The van der Waals surface area contributed by atoms with Crippen LogP contribution in [-0.2, 0) is 4.79 Å². The number of aliphatic carboxylic acids is 1. The van der Waals surface area contributed by atoms with Crippen molar-refractivity contribution in [3.05, 3.63) is 11.7 Å². The predicted octanol–water partition coefficient (Wildman–Crippen LogP) is 0.457. The third-order valence-corrected chi connectivity index (χ3v) is 2.77. The lowest BCUT2D eigenvalue weighted by Crippen LogP contribution is -2.48. The van der Waals surface area contributed by atoms with Gasteiger partial charge in [0.1, 0.15) is 6.04 Å². The Bertz CT molecular complexity index is 443. The molecule has 1 aromatic heterocycles. The third-order valence-electron chi connectivity index (χ3n) is 2.77. The van der Waals surface area contributed by atoms with Gasteiger partial charge in [0.25, 0.3) is 11.7 Å². The molecule has 1 aliphatic rings. The number of amides is 1. The maximum absolute atomic E-state index is 12.0. The van der Waals surface area contributed by atoms with Crippen molar-refractivity contribution >= 4 is 11.9 Å². The highest BCUT2D eigenvalue weighted by atomic mass is 16.5. The van der Waals surface area contributed by atoms with Gasteiger partial charge in [0, 0.05) is 13.5 Å². The second-order valence-corrected chi connectivity index (χ2v) is 3.99. The van der Waals surface area contributed by atoms with Gasteiger partial charge in [-0.2, -0.15) is 4.98 Å². The number of carboxylic acids is 1. The molecule has 1 aliphatic heterocycles. The van der Waals surface area contributed by atoms with Gasteiger partial charge in [-0.3, -0.25) is 4.79 Å². The van der Waals surface area contributed by atoms with Gasteiger partial charge in [-0.25, -0.2) is 4.79 Å². The summed E-state index contributed by atoms with van der Waals surface area (Å²) >= 11 is 0. The van der Waals surface area contributed by atoms with E-state index in [4.69, 9.17) is 9.63 Å². The van der Waals surface area contributed by atoms with Crippen LogP contribution >= 0.6 is 0 Å². The molecule has 0 aromatic carbocycles. The Morgan fingerprint density at radius 2 is 2.24 bits per heavy atom. The molecule has 1 N–H and O–H groups in total. The van der Waals surface area contributed by atoms with Crippen molar-refractivity contribution < 1.29 is 19.2 Å². The summed E-state index contributed by atoms with van der Waals surface area (Å²) in [6.45, 7) is 2.00. The fraction of sp³-hybridized carbons (Fsp3) is 0.600. The van der Waals surface area contributed by atoms with Gasteiger partial charge < -0.3 is 14.5 Å². The number of hydrogen-bond acceptors (Lipinski definition) is 5. The van der Waals surface area contributed by atoms with Crippen LogP contribution in [0.1, 0.15) is 35.8 Å². The molecule has 7 nitrogen and oxygen atoms in total. The van der Waals surface area contributed by atoms with E-state index < -0.39 is 17.9 Å². The van der Waals surface area contributed by atoms with Crippen LogP contribution in [0.25, 0.3) is 0 Å². The normalized spacial score (nSPS) is 20.3. The zero-order valence-corrected chi connectivity index (χ0v) is 9.42. The Labute approximate surface area is 97.4 Å². The number of aryl methyl sites for hydroxylation is 1. The number of nitrogens with zero attached hydrogens (tertiary/aromatic N) is 3. The molecule has 0 spiro atoms. The Balaban J connectivity index is 2.19. The molecule has 92 valence electrons. The fourth-order valence-corrected chi connectivity index (χ4v) is 1.95. The number of carboxylic acid groups (broad SMARTS) is 1. The molecule has 17 heavy (non-hydrogen) atoms. The highest BCUT2D eigenvalue weighted by Gasteiger charge is 2.34. The van der Waals surface area contributed by atoms with E-state index >= 15 is 0 Å². The molecule has 1 amide bonds. The Morgan fingerprint density at radius 1 is 1.47 bits per heavy atom. The number of hydrogen-bond donors (Lipinski definition) is 1. The van der Waals surface area contributed by atoms with Gasteiger partial charge in [0.05, 0.1) is 0 Å². The van der Waals surface area contributed by atoms with E-state index in [-0.39, 0.29) is 11.7 Å². The van der Waals surface area contributed by atoms with Crippen molar-refractivity contribution in [1.82, 2.24) is 15.0 Å². The zero-order valence-electron chi connectivity index (χ0n) is 9.42. The summed E-state index contributed by atoms with van der Waals surface area (Å²) in [6, 6.07) is -0.782. The standard InChI is InChI=1S/C10H13N3O4/c1-6-11-8(12-17-6)9(14)13-5-3-2-4-7(13)10(15)16/h7H,2-5H2,1H3,(H,15,16)/t7-/m0/s1. The minimum atomic E-state index is -0.988. The Hall–Kier alpha value is -1.92. The highest BCUT2D eigenvalue weighted by Crippen LogP contribution is 2.19. The first kappa shape index (κ1) is 11.6. The lowest BCUT2D eigenvalue weighted by molar-refractivity contribution is -0.143. The fourth-order valence-electron chi connectivity index (χ4n) is 1.95. The first-order valence-electron chi connectivity index (χ1n) is 5.43. The highest BCUT2D eigenvalue weighted by molar-refractivity contribution is 5.93. The molecular weight excluding hydrogens is 226 g/mol. The summed E-state index contributed by atoms with van der Waals surface area (Å²) < 4.78 is 4.72. The van der Waals surface area contributed by atoms with E-state index in [9.17, 15) is 9.59 Å². The molecule has 1 saturated heterocycles. The smallest absolute Gasteiger partial charge is 0.326 e. The molecular formula is C10H13N3O4. The average molecular weight is 239 g/mol. The summed E-state index contributed by atoms with van der Waals surface area (Å²) in [6.07, 6.45) is 2.08. The molecule has 0 radical (unpaired) electrons. The number of carbonyl (C=O) groups excluding carboxylic acids is 1. The average Bonchev–Trinajstić information content (AvgIpc) is 2.75. The van der Waals surface area contributed by atoms with E-state index in [0.717, 1.165) is 12.8 Å². The Morgan fingerprint density at radius 3 is 2.82 bits per heavy atom. The molecule has 0 saturated carbocycles. The second kappa shape index (κ2) is 4.52. The van der Waals surface area contributed by atoms with Gasteiger partial charge in [-0.05, 0) is 19.3 Å². The topological polar surface area (TPSA) is 96.5 Å². The zero-order chi connectivity index (χ0) is 12.4. The second-order valence-electron chi connectivity index (χ2n) is 3.99. The monoisotopic (exact) mass is 239 g/mol. The van der Waals surface area contributed by atoms with Crippen LogP contribution in [0.4, 0.5) is 0 Å². The maximum atomic E-state index is 12.0. The van der Waals surface area contributed by atoms with Gasteiger partial charge in [-0.1, -0.05) is 5.16 Å². The van der Waals surface area contributed by atoms with Crippen LogP contribution < -0.4 is 0 Å². The van der Waals surface area contributed by atoms with Crippen LogP contribution in [0.2, 0.25) is 0 Å². The first-order chi connectivity index (χ1) is 8.09. The third kappa shape index (κ3) is 2.27. The SMILES string of the molecule is Cc1nc(C(=O)N2CCCC[C@H]2C(=O)O)no1. The Kier molecular flexibility index (Phi) is 3.08. The van der Waals surface area contributed by atoms with Crippen LogP contribution in [0, 0.1) is 6.92 Å². The van der Waals surface area contributed by atoms with E-state index in [1.54, 1.807) is 6.92 Å². The molecule has 2 heterocycles. The maximum Gasteiger partial charge on any atom is 0.326 e. The molecule has 0 unspecified atom stereocenters. The van der Waals surface area contributed by atoms with E-state index in [2.05, 4.69) is 10.1 Å². The number of aromatic nitrogens is 2. The summed E-state index contributed by atoms with van der Waals surface area (Å²) in [4.78, 5) is 28.2. The minimum absolute atomic E-state index is 0.0735. The summed E-state index contributed by atoms with van der Waals surface area (Å²) in [7, 11) is 0. The summed E-state index contributed by atoms with van der Waals surface area (Å²) in [5.74, 6) is -1.25. The number of rotatable bonds is 2. The molecule has 2 rings (SSSR count). The van der Waals surface area contributed by atoms with Gasteiger partial charge >= 0.3 is 5.97 Å². The van der Waals surface area contributed by atoms with Gasteiger partial charge in [-0.15, -0.1) is 0 Å². The van der Waals surface area contributed by atoms with E-state index in [0.29, 0.717) is 13.0 Å². The number of likely N-dealkylation sites (tertiary alicyclic amines) is 1. The predicted molar refractivity (Wildman–Crippen MR) is 55.3 cm³/mol. The largest absolute Gasteiger partial charge is 0.480 e. The lowest BCUT2D eigenvalue weighted by Gasteiger charge is -2.31. The quantitative estimate of drug-likeness (QED) is 0.805. The van der Waals surface area contributed by atoms with Crippen LogP contribution in [0.5, 0.6) is 0 Å². The summed E-state index contributed by atoms with van der Waals surface area (Å²) in [5, 5.41) is 12.6. The first-order valence-corrected chi connectivity index (χ1v) is 5.43. The van der Waals surface area contributed by atoms with Gasteiger partial charge in [0.15, 0.2) is 0 Å². The molecule has 1 aromatic rings. The lowest BCUT2D eigenvalue weighted by atomic mass is 10.0. The van der Waals surface area contributed by atoms with Crippen LogP contribution in [-0.4, -0.2) is 44.6 Å². The van der Waals surface area contributed by atoms with E-state index in [1.165, 1.54) is 4.90 Å². The van der Waals surface area contributed by atoms with Crippen molar-refractivity contribution in [1.29, 1.82) is 0 Å². The molecule has 1 fully saturated rings.